The molecule has 0 atom stereocenters. The van der Waals surface area contributed by atoms with Crippen LogP contribution < -0.4 is 21.2 Å². The van der Waals surface area contributed by atoms with Crippen LogP contribution in [0.3, 0.4) is 0 Å². The van der Waals surface area contributed by atoms with E-state index in [9.17, 15) is 0 Å². The van der Waals surface area contributed by atoms with Gasteiger partial charge in [0.2, 0.25) is 0 Å². The normalized spacial score (nSPS) is 20.0. The van der Waals surface area contributed by atoms with Gasteiger partial charge in [-0.2, -0.15) is 0 Å². The van der Waals surface area contributed by atoms with Crippen LogP contribution >= 0.6 is 15.8 Å². The van der Waals surface area contributed by atoms with Gasteiger partial charge >= 0.3 is 17.1 Å². The second kappa shape index (κ2) is 16.4. The zero-order chi connectivity index (χ0) is 29.6. The van der Waals surface area contributed by atoms with Crippen LogP contribution in [-0.4, -0.2) is 0 Å². The fourth-order valence-corrected chi connectivity index (χ4v) is 12.0. The minimum absolute atomic E-state index is 0. The van der Waals surface area contributed by atoms with Gasteiger partial charge in [0.1, 0.15) is 0 Å². The van der Waals surface area contributed by atoms with Gasteiger partial charge in [0, 0.05) is 11.3 Å². The SMILES string of the molecule is [CH]1[CH][C](P(c2ccccc2)c2ccccc2)[C]2CCCC[C]12.[CH]1[CH][C](P(c2ccccc2)c2ccccc2)[C]2CCCC[C]12.[Fe+2]. The van der Waals surface area contributed by atoms with Gasteiger partial charge in [0.05, 0.1) is 0 Å². The molecule has 4 aromatic rings. The van der Waals surface area contributed by atoms with E-state index in [0.717, 1.165) is 0 Å². The molecule has 45 heavy (non-hydrogen) atoms. The molecule has 0 aliphatic heterocycles. The Bertz CT molecular complexity index is 1220. The minimum atomic E-state index is -0.424. The van der Waals surface area contributed by atoms with Gasteiger partial charge in [-0.3, -0.25) is 0 Å². The van der Waals surface area contributed by atoms with Crippen molar-refractivity contribution in [2.24, 2.45) is 0 Å². The Morgan fingerprint density at radius 2 is 0.622 bits per heavy atom. The first-order valence-corrected chi connectivity index (χ1v) is 18.9. The number of fused-ring (bicyclic) bond motifs is 2. The molecule has 0 aromatic heterocycles. The van der Waals surface area contributed by atoms with Crippen molar-refractivity contribution in [1.29, 1.82) is 0 Å². The molecule has 3 heteroatoms. The smallest absolute Gasteiger partial charge is 0.0622 e. The maximum Gasteiger partial charge on any atom is 2.00 e. The molecule has 4 aliphatic carbocycles. The molecule has 224 valence electrons. The third-order valence-electron chi connectivity index (χ3n) is 9.06. The van der Waals surface area contributed by atoms with Crippen LogP contribution in [0.25, 0.3) is 0 Å². The Morgan fingerprint density at radius 1 is 0.333 bits per heavy atom. The molecule has 10 radical (unpaired) electrons. The van der Waals surface area contributed by atoms with E-state index in [0.29, 0.717) is 0 Å². The van der Waals surface area contributed by atoms with Gasteiger partial charge in [-0.05, 0) is 112 Å². The zero-order valence-electron chi connectivity index (χ0n) is 25.8. The summed E-state index contributed by atoms with van der Waals surface area (Å²) in [5.41, 5.74) is 3.17. The van der Waals surface area contributed by atoms with Crippen molar-refractivity contribution < 1.29 is 17.1 Å². The van der Waals surface area contributed by atoms with Gasteiger partial charge in [-0.15, -0.1) is 0 Å². The third kappa shape index (κ3) is 7.71. The first kappa shape index (κ1) is 33.2. The molecule has 4 aromatic carbocycles. The number of hydrogen-bond donors (Lipinski definition) is 0. The Balaban J connectivity index is 0.000000155. The molecule has 0 amide bonds. The van der Waals surface area contributed by atoms with Crippen LogP contribution in [0, 0.1) is 60.7 Å². The van der Waals surface area contributed by atoms with Crippen molar-refractivity contribution in [1.82, 2.24) is 0 Å². The topological polar surface area (TPSA) is 0 Å². The van der Waals surface area contributed by atoms with Crippen LogP contribution in [0.2, 0.25) is 0 Å². The molecule has 4 fully saturated rings. The van der Waals surface area contributed by atoms with Gasteiger partial charge in [0.15, 0.2) is 0 Å². The maximum atomic E-state index is 2.40. The fourth-order valence-electron chi connectivity index (χ4n) is 6.95. The summed E-state index contributed by atoms with van der Waals surface area (Å²) in [6.45, 7) is 0. The van der Waals surface area contributed by atoms with Crippen LogP contribution in [-0.2, 0) is 17.1 Å². The van der Waals surface area contributed by atoms with Crippen molar-refractivity contribution in [3.05, 3.63) is 182 Å². The first-order chi connectivity index (χ1) is 21.9. The molecule has 0 N–H and O–H groups in total. The monoisotopic (exact) mass is 662 g/mol. The van der Waals surface area contributed by atoms with Crippen molar-refractivity contribution in [2.75, 3.05) is 0 Å². The molecule has 4 aliphatic rings. The quantitative estimate of drug-likeness (QED) is 0.143. The van der Waals surface area contributed by atoms with Gasteiger partial charge in [-0.1, -0.05) is 147 Å². The molecule has 0 nitrogen and oxygen atoms in total. The second-order valence-electron chi connectivity index (χ2n) is 11.9. The van der Waals surface area contributed by atoms with Gasteiger partial charge in [-0.25, -0.2) is 0 Å². The number of benzene rings is 4. The van der Waals surface area contributed by atoms with E-state index < -0.39 is 15.8 Å². The van der Waals surface area contributed by atoms with E-state index in [2.05, 4.69) is 147 Å². The molecule has 8 rings (SSSR count). The van der Waals surface area contributed by atoms with E-state index in [1.54, 1.807) is 35.0 Å². The average Bonchev–Trinajstić information content (AvgIpc) is 3.72. The van der Waals surface area contributed by atoms with E-state index in [1.165, 1.54) is 72.6 Å². The summed E-state index contributed by atoms with van der Waals surface area (Å²) in [6, 6.07) is 44.2. The molecule has 0 spiro atoms. The molecule has 0 heterocycles. The summed E-state index contributed by atoms with van der Waals surface area (Å²) >= 11 is 0. The van der Waals surface area contributed by atoms with Crippen LogP contribution in [0.1, 0.15) is 51.4 Å². The first-order valence-electron chi connectivity index (χ1n) is 16.2. The van der Waals surface area contributed by atoms with Gasteiger partial charge < -0.3 is 0 Å². The minimum Gasteiger partial charge on any atom is -0.0622 e. The van der Waals surface area contributed by atoms with E-state index in [1.807, 2.05) is 0 Å². The Hall–Kier alpha value is -1.74. The molecule has 0 saturated heterocycles. The molecular weight excluding hydrogens is 622 g/mol. The van der Waals surface area contributed by atoms with Crippen molar-refractivity contribution >= 4 is 37.1 Å². The Morgan fingerprint density at radius 3 is 0.933 bits per heavy atom. The van der Waals surface area contributed by atoms with E-state index in [-0.39, 0.29) is 17.1 Å². The van der Waals surface area contributed by atoms with Crippen molar-refractivity contribution in [2.45, 2.75) is 51.4 Å². The van der Waals surface area contributed by atoms with Crippen molar-refractivity contribution in [3.8, 4) is 0 Å². The maximum absolute atomic E-state index is 2.40. The van der Waals surface area contributed by atoms with Crippen LogP contribution in [0.5, 0.6) is 0 Å². The summed E-state index contributed by atoms with van der Waals surface area (Å²) in [5.74, 6) is 6.48. The predicted molar refractivity (Wildman–Crippen MR) is 192 cm³/mol. The molecule has 0 bridgehead atoms. The predicted octanol–water partition coefficient (Wildman–Crippen LogP) is 9.59. The largest absolute Gasteiger partial charge is 2.00 e. The number of hydrogen-bond acceptors (Lipinski definition) is 0. The average molecular weight is 663 g/mol. The van der Waals surface area contributed by atoms with Gasteiger partial charge in [0.25, 0.3) is 0 Å². The van der Waals surface area contributed by atoms with E-state index >= 15 is 0 Å². The standard InChI is InChI=1S/2C21H20P.Fe/c2*1-3-10-18(11-4-1)22(19-12-5-2-6-13-19)21-16-15-17-9-7-8-14-20(17)21;/h2*1-6,10-13,15-16H,7-9,14H2;/q;;+2. The zero-order valence-corrected chi connectivity index (χ0v) is 28.7. The summed E-state index contributed by atoms with van der Waals surface area (Å²) < 4.78 is 0. The molecular formula is C42H40FeP2+2. The van der Waals surface area contributed by atoms with Crippen LogP contribution in [0.15, 0.2) is 121 Å². The van der Waals surface area contributed by atoms with E-state index in [4.69, 9.17) is 0 Å². The Labute approximate surface area is 286 Å². The molecule has 0 unspecified atom stereocenters. The summed E-state index contributed by atoms with van der Waals surface area (Å²) in [4.78, 5) is 0. The van der Waals surface area contributed by atoms with Crippen LogP contribution in [0.4, 0.5) is 0 Å². The number of rotatable bonds is 6. The summed E-state index contributed by atoms with van der Waals surface area (Å²) in [6.07, 6.45) is 20.0. The third-order valence-corrected chi connectivity index (χ3v) is 14.1. The summed E-state index contributed by atoms with van der Waals surface area (Å²) in [7, 11) is -0.847. The second-order valence-corrected chi connectivity index (χ2v) is 16.2. The molecule has 4 saturated carbocycles. The summed E-state index contributed by atoms with van der Waals surface area (Å²) in [5, 5.41) is 5.84. The Kier molecular flexibility index (Phi) is 12.1. The van der Waals surface area contributed by atoms with Crippen molar-refractivity contribution in [3.63, 3.8) is 0 Å². The fraction of sp³-hybridized carbons (Fsp3) is 0.190.